The standard InChI is InChI=1S/C45H74O11/c1-12-34-17-15-13-14-16-27(4)42(51)44(11,53)43(52)32(9)40(50)31(8)39(49)30(7)38(48)26(3)18-21-37(47)54-41-29(6)35(20-19-34)55-45(33(41)10)23-22-25(2)36(56-45)24-28(5)46/h13-15,17-18,21,25-36,38,40-42,46,48,50-51,53H,12,16,19-20,22-24H2,1-11H3/b14-13+,17-15-,21-18+/t25-,26+,27+,28-,29+,30-,31-,32-,33-,34+,35+,36-,38-,40+,41+,42-,44+,45-/m1/s1. The number of Topliss-reactive ketones (excluding diaryl/α,β-unsaturated/α-hetero) is 2. The van der Waals surface area contributed by atoms with E-state index in [-0.39, 0.29) is 35.9 Å². The molecule has 3 rings (SSSR count). The molecule has 0 aromatic heterocycles. The second kappa shape index (κ2) is 20.6. The van der Waals surface area contributed by atoms with Gasteiger partial charge < -0.3 is 39.7 Å². The Labute approximate surface area is 336 Å². The average Bonchev–Trinajstić information content (AvgIpc) is 3.16. The Morgan fingerprint density at radius 1 is 0.839 bits per heavy atom. The second-order valence-electron chi connectivity index (χ2n) is 18.0. The lowest BCUT2D eigenvalue weighted by molar-refractivity contribution is -0.371. The third kappa shape index (κ3) is 11.5. The van der Waals surface area contributed by atoms with E-state index in [2.05, 4.69) is 19.9 Å². The Bertz CT molecular complexity index is 1390. The molecule has 3 aliphatic rings. The van der Waals surface area contributed by atoms with Gasteiger partial charge in [0.2, 0.25) is 0 Å². The van der Waals surface area contributed by atoms with Crippen LogP contribution in [0.3, 0.4) is 0 Å². The summed E-state index contributed by atoms with van der Waals surface area (Å²) in [4.78, 5) is 40.5. The zero-order chi connectivity index (χ0) is 42.3. The highest BCUT2D eigenvalue weighted by atomic mass is 16.7. The summed E-state index contributed by atoms with van der Waals surface area (Å²) in [7, 11) is 0. The summed E-state index contributed by atoms with van der Waals surface area (Å²) in [5.41, 5.74) is -2.18. The van der Waals surface area contributed by atoms with Crippen LogP contribution in [0.25, 0.3) is 0 Å². The number of rotatable bonds is 3. The van der Waals surface area contributed by atoms with Crippen molar-refractivity contribution in [3.8, 4) is 0 Å². The molecule has 3 heterocycles. The summed E-state index contributed by atoms with van der Waals surface area (Å²) in [5.74, 6) is -7.28. The Morgan fingerprint density at radius 3 is 2.11 bits per heavy atom. The van der Waals surface area contributed by atoms with Crippen LogP contribution in [0.1, 0.15) is 121 Å². The number of carbonyl (C=O) groups excluding carboxylic acids is 3. The minimum Gasteiger partial charge on any atom is -0.458 e. The number of ketones is 2. The lowest BCUT2D eigenvalue weighted by Crippen LogP contribution is -2.62. The van der Waals surface area contributed by atoms with Gasteiger partial charge in [0.25, 0.3) is 0 Å². The molecule has 0 radical (unpaired) electrons. The molecule has 0 unspecified atom stereocenters. The van der Waals surface area contributed by atoms with Crippen LogP contribution in [0.15, 0.2) is 36.5 Å². The number of allylic oxidation sites excluding steroid dienone is 4. The van der Waals surface area contributed by atoms with Crippen molar-refractivity contribution in [3.05, 3.63) is 36.5 Å². The molecule has 0 aromatic rings. The van der Waals surface area contributed by atoms with Crippen molar-refractivity contribution < 1.29 is 54.1 Å². The molecular formula is C45H74O11. The van der Waals surface area contributed by atoms with Crippen LogP contribution in [0, 0.1) is 53.3 Å². The van der Waals surface area contributed by atoms with E-state index in [9.17, 15) is 39.9 Å². The third-order valence-corrected chi connectivity index (χ3v) is 13.4. The molecule has 2 bridgehead atoms. The van der Waals surface area contributed by atoms with Gasteiger partial charge in [-0.3, -0.25) is 9.59 Å². The first-order valence-corrected chi connectivity index (χ1v) is 21.2. The van der Waals surface area contributed by atoms with Gasteiger partial charge in [0, 0.05) is 48.0 Å². The van der Waals surface area contributed by atoms with E-state index in [1.54, 1.807) is 20.8 Å². The van der Waals surface area contributed by atoms with E-state index >= 15 is 0 Å². The molecule has 0 aromatic carbocycles. The van der Waals surface area contributed by atoms with E-state index in [4.69, 9.17) is 14.2 Å². The van der Waals surface area contributed by atoms with Gasteiger partial charge >= 0.3 is 5.97 Å². The van der Waals surface area contributed by atoms with E-state index in [0.29, 0.717) is 25.7 Å². The van der Waals surface area contributed by atoms with Gasteiger partial charge in [0.05, 0.1) is 36.6 Å². The van der Waals surface area contributed by atoms with E-state index < -0.39 is 89.0 Å². The second-order valence-corrected chi connectivity index (χ2v) is 18.0. The molecule has 0 saturated carbocycles. The molecule has 56 heavy (non-hydrogen) atoms. The summed E-state index contributed by atoms with van der Waals surface area (Å²) in [6, 6.07) is 0. The number of hydrogen-bond donors (Lipinski definition) is 5. The van der Waals surface area contributed by atoms with Gasteiger partial charge in [-0.25, -0.2) is 4.79 Å². The molecule has 3 aliphatic heterocycles. The quantitative estimate of drug-likeness (QED) is 0.216. The van der Waals surface area contributed by atoms with Gasteiger partial charge in [0.1, 0.15) is 17.5 Å². The Kier molecular flexibility index (Phi) is 17.7. The van der Waals surface area contributed by atoms with Gasteiger partial charge in [-0.1, -0.05) is 92.7 Å². The van der Waals surface area contributed by atoms with E-state index in [1.807, 2.05) is 32.1 Å². The summed E-state index contributed by atoms with van der Waals surface area (Å²) in [5, 5.41) is 55.0. The number of aliphatic hydroxyl groups is 5. The largest absolute Gasteiger partial charge is 0.458 e. The molecule has 1 spiro atoms. The van der Waals surface area contributed by atoms with Crippen molar-refractivity contribution in [3.63, 3.8) is 0 Å². The van der Waals surface area contributed by atoms with Crippen LogP contribution in [-0.2, 0) is 28.6 Å². The number of fused-ring (bicyclic) bond motifs is 2. The predicted octanol–water partition coefficient (Wildman–Crippen LogP) is 5.88. The maximum Gasteiger partial charge on any atom is 0.330 e. The minimum absolute atomic E-state index is 0.168. The highest BCUT2D eigenvalue weighted by Gasteiger charge is 2.56. The number of ether oxygens (including phenoxy) is 3. The molecule has 11 heteroatoms. The first-order valence-electron chi connectivity index (χ1n) is 21.2. The predicted molar refractivity (Wildman–Crippen MR) is 215 cm³/mol. The van der Waals surface area contributed by atoms with Gasteiger partial charge in [-0.15, -0.1) is 0 Å². The number of carbonyl (C=O) groups is 3. The van der Waals surface area contributed by atoms with Gasteiger partial charge in [-0.05, 0) is 70.1 Å². The molecule has 18 atom stereocenters. The van der Waals surface area contributed by atoms with Crippen molar-refractivity contribution in [2.24, 2.45) is 53.3 Å². The lowest BCUT2D eigenvalue weighted by Gasteiger charge is -2.55. The molecule has 320 valence electrons. The molecule has 11 nitrogen and oxygen atoms in total. The van der Waals surface area contributed by atoms with Crippen LogP contribution in [0.2, 0.25) is 0 Å². The first kappa shape index (κ1) is 48.1. The Morgan fingerprint density at radius 2 is 1.48 bits per heavy atom. The van der Waals surface area contributed by atoms with Crippen molar-refractivity contribution in [1.29, 1.82) is 0 Å². The zero-order valence-electron chi connectivity index (χ0n) is 35.8. The number of esters is 1. The maximum atomic E-state index is 13.5. The summed E-state index contributed by atoms with van der Waals surface area (Å²) < 4.78 is 20.0. The van der Waals surface area contributed by atoms with Gasteiger partial charge in [-0.2, -0.15) is 0 Å². The van der Waals surface area contributed by atoms with Crippen molar-refractivity contribution in [2.75, 3.05) is 0 Å². The van der Waals surface area contributed by atoms with Crippen LogP contribution in [0.4, 0.5) is 0 Å². The maximum absolute atomic E-state index is 13.5. The number of hydrogen-bond acceptors (Lipinski definition) is 11. The Balaban J connectivity index is 1.99. The fourth-order valence-electron chi connectivity index (χ4n) is 9.01. The fraction of sp³-hybridized carbons (Fsp3) is 0.800. The molecule has 2 fully saturated rings. The van der Waals surface area contributed by atoms with Crippen molar-refractivity contribution in [2.45, 2.75) is 175 Å². The summed E-state index contributed by atoms with van der Waals surface area (Å²) in [6.07, 6.45) is 9.62. The SMILES string of the molecule is CC[C@H]1/C=C\C=C\C[C@H](C)[C@@H](O)[C@](C)(O)C(=O)[C@H](C)[C@@H](O)[C@H](C)C(=O)[C@H](C)[C@H](O)[C@@H](C)/C=C/C(=O)O[C@H]2[C@@H](C)[C@H](CC1)O[C@@]1(CC[C@@H](C)[C@@H](C[C@@H](C)O)O1)[C@@H]2C. The summed E-state index contributed by atoms with van der Waals surface area (Å²) in [6.45, 7) is 19.1. The normalized spacial score (nSPS) is 46.8. The minimum atomic E-state index is -2.18. The third-order valence-electron chi connectivity index (χ3n) is 13.4. The van der Waals surface area contributed by atoms with Crippen molar-refractivity contribution >= 4 is 17.5 Å². The van der Waals surface area contributed by atoms with Crippen molar-refractivity contribution in [1.82, 2.24) is 0 Å². The summed E-state index contributed by atoms with van der Waals surface area (Å²) >= 11 is 0. The average molecular weight is 791 g/mol. The topological polar surface area (TPSA) is 180 Å². The van der Waals surface area contributed by atoms with Crippen LogP contribution >= 0.6 is 0 Å². The molecular weight excluding hydrogens is 716 g/mol. The molecule has 5 N–H and O–H groups in total. The molecule has 2 saturated heterocycles. The molecule has 0 aliphatic carbocycles. The highest BCUT2D eigenvalue weighted by molar-refractivity contribution is 5.91. The fourth-order valence-corrected chi connectivity index (χ4v) is 9.01. The van der Waals surface area contributed by atoms with Crippen LogP contribution < -0.4 is 0 Å². The Hall–Kier alpha value is -2.25. The smallest absolute Gasteiger partial charge is 0.330 e. The van der Waals surface area contributed by atoms with Crippen LogP contribution in [-0.4, -0.2) is 97.2 Å². The van der Waals surface area contributed by atoms with Gasteiger partial charge in [0.15, 0.2) is 11.6 Å². The number of aliphatic hydroxyl groups excluding tert-OH is 4. The van der Waals surface area contributed by atoms with Crippen LogP contribution in [0.5, 0.6) is 0 Å². The first-order chi connectivity index (χ1) is 26.1. The van der Waals surface area contributed by atoms with E-state index in [0.717, 1.165) is 19.3 Å². The van der Waals surface area contributed by atoms with E-state index in [1.165, 1.54) is 39.8 Å². The molecule has 0 amide bonds. The highest BCUT2D eigenvalue weighted by Crippen LogP contribution is 2.49. The zero-order valence-corrected chi connectivity index (χ0v) is 35.8. The lowest BCUT2D eigenvalue weighted by atomic mass is 9.74. The monoisotopic (exact) mass is 791 g/mol.